The number of nitrogens with zero attached hydrogens (tertiary/aromatic N) is 9. The molecule has 0 radical (unpaired) electrons. The van der Waals surface area contributed by atoms with E-state index in [1.54, 1.807) is 4.90 Å². The molecule has 2 aromatic heterocycles. The van der Waals surface area contributed by atoms with Gasteiger partial charge in [0.2, 0.25) is 5.91 Å². The van der Waals surface area contributed by atoms with Gasteiger partial charge in [-0.1, -0.05) is 6.58 Å². The fraction of sp³-hybridized carbons (Fsp3) is 0.548. The molecule has 13 heteroatoms. The van der Waals surface area contributed by atoms with Crippen LogP contribution in [0.1, 0.15) is 42.5 Å². The highest BCUT2D eigenvalue weighted by Gasteiger charge is 2.36. The fourth-order valence-electron chi connectivity index (χ4n) is 6.85. The molecule has 0 aromatic carbocycles. The van der Waals surface area contributed by atoms with Gasteiger partial charge in [0, 0.05) is 57.4 Å². The van der Waals surface area contributed by atoms with Gasteiger partial charge in [0.15, 0.2) is 5.83 Å². The lowest BCUT2D eigenvalue weighted by molar-refractivity contribution is -0.131. The molecule has 0 N–H and O–H groups in total. The van der Waals surface area contributed by atoms with Gasteiger partial charge in [-0.25, -0.2) is 4.39 Å². The Labute approximate surface area is 256 Å². The Morgan fingerprint density at radius 1 is 1.11 bits per heavy atom. The number of hydrogen-bond acceptors (Lipinski definition) is 10. The number of halogens is 1. The second-order valence-electron chi connectivity index (χ2n) is 12.0. The van der Waals surface area contributed by atoms with E-state index in [2.05, 4.69) is 39.4 Å². The molecule has 0 saturated carbocycles. The van der Waals surface area contributed by atoms with E-state index < -0.39 is 17.8 Å². The first-order valence-electron chi connectivity index (χ1n) is 15.2. The van der Waals surface area contributed by atoms with Crippen LogP contribution >= 0.6 is 0 Å². The number of hydrogen-bond donors (Lipinski definition) is 0. The first-order chi connectivity index (χ1) is 21.2. The average molecular weight is 604 g/mol. The summed E-state index contributed by atoms with van der Waals surface area (Å²) in [5, 5.41) is 9.49. The smallest absolute Gasteiger partial charge is 0.318 e. The number of fused-ring (bicyclic) bond motifs is 2. The molecule has 4 aliphatic rings. The minimum absolute atomic E-state index is 0.0618. The van der Waals surface area contributed by atoms with Crippen molar-refractivity contribution in [3.05, 3.63) is 41.6 Å². The van der Waals surface area contributed by atoms with Crippen molar-refractivity contribution >= 4 is 29.0 Å². The molecule has 2 saturated heterocycles. The van der Waals surface area contributed by atoms with Crippen molar-refractivity contribution in [2.24, 2.45) is 0 Å². The monoisotopic (exact) mass is 603 g/mol. The fourth-order valence-corrected chi connectivity index (χ4v) is 6.85. The van der Waals surface area contributed by atoms with Gasteiger partial charge in [0.25, 0.3) is 5.91 Å². The Morgan fingerprint density at radius 3 is 2.70 bits per heavy atom. The molecule has 4 aliphatic heterocycles. The summed E-state index contributed by atoms with van der Waals surface area (Å²) in [6, 6.07) is 2.21. The van der Waals surface area contributed by atoms with Crippen LogP contribution in [-0.2, 0) is 29.0 Å². The molecule has 2 fully saturated rings. The van der Waals surface area contributed by atoms with Crippen LogP contribution in [0.25, 0.3) is 0 Å². The molecule has 6 heterocycles. The van der Waals surface area contributed by atoms with Crippen LogP contribution in [0.4, 0.5) is 21.6 Å². The number of aryl methyl sites for hydroxylation is 1. The number of amides is 2. The SMILES string of the molecule is C=C(F)C(=O)N1CCN(c2nc(OC[C@@H]3CCCN3C)nc3c2CCN(c2cncc4c2N(C)C(=O)CC4)C3)C[C@@H]1CC#N. The van der Waals surface area contributed by atoms with E-state index in [1.165, 1.54) is 4.90 Å². The minimum atomic E-state index is -1.03. The van der Waals surface area contributed by atoms with E-state index in [0.29, 0.717) is 52.0 Å². The van der Waals surface area contributed by atoms with Gasteiger partial charge in [-0.05, 0) is 44.8 Å². The molecular weight excluding hydrogens is 565 g/mol. The van der Waals surface area contributed by atoms with Crippen molar-refractivity contribution in [3.8, 4) is 12.1 Å². The highest BCUT2D eigenvalue weighted by Crippen LogP contribution is 2.39. The third kappa shape index (κ3) is 5.66. The number of carbonyl (C=O) groups is 2. The van der Waals surface area contributed by atoms with Gasteiger partial charge >= 0.3 is 6.01 Å². The Bertz CT molecular complexity index is 1510. The summed E-state index contributed by atoms with van der Waals surface area (Å²) >= 11 is 0. The molecule has 2 atom stereocenters. The lowest BCUT2D eigenvalue weighted by atomic mass is 9.99. The zero-order chi connectivity index (χ0) is 31.0. The van der Waals surface area contributed by atoms with Crippen molar-refractivity contribution in [3.63, 3.8) is 0 Å². The quantitative estimate of drug-likeness (QED) is 0.436. The van der Waals surface area contributed by atoms with E-state index in [1.807, 2.05) is 19.4 Å². The van der Waals surface area contributed by atoms with Gasteiger partial charge in [-0.15, -0.1) is 0 Å². The zero-order valence-electron chi connectivity index (χ0n) is 25.3. The van der Waals surface area contributed by atoms with Gasteiger partial charge in [-0.3, -0.25) is 14.6 Å². The van der Waals surface area contributed by atoms with Crippen molar-refractivity contribution in [1.82, 2.24) is 24.8 Å². The molecule has 12 nitrogen and oxygen atoms in total. The third-order valence-corrected chi connectivity index (χ3v) is 9.33. The van der Waals surface area contributed by atoms with Crippen LogP contribution in [0.2, 0.25) is 0 Å². The van der Waals surface area contributed by atoms with E-state index in [9.17, 15) is 19.2 Å². The normalized spacial score (nSPS) is 22.0. The number of nitriles is 1. The first kappa shape index (κ1) is 29.7. The van der Waals surface area contributed by atoms with E-state index >= 15 is 0 Å². The summed E-state index contributed by atoms with van der Waals surface area (Å²) in [7, 11) is 3.91. The number of pyridine rings is 1. The molecule has 2 amide bonds. The largest absolute Gasteiger partial charge is 0.462 e. The predicted octanol–water partition coefficient (Wildman–Crippen LogP) is 2.23. The third-order valence-electron chi connectivity index (χ3n) is 9.33. The van der Waals surface area contributed by atoms with Crippen LogP contribution in [-0.4, -0.2) is 102 Å². The number of anilines is 3. The van der Waals surface area contributed by atoms with Crippen LogP contribution in [0.3, 0.4) is 0 Å². The van der Waals surface area contributed by atoms with Crippen molar-refractivity contribution in [2.75, 3.05) is 68.1 Å². The van der Waals surface area contributed by atoms with E-state index in [0.717, 1.165) is 53.4 Å². The van der Waals surface area contributed by atoms with Crippen LogP contribution in [0, 0.1) is 11.3 Å². The highest BCUT2D eigenvalue weighted by molar-refractivity contribution is 5.99. The number of piperazine rings is 1. The number of likely N-dealkylation sites (tertiary alicyclic amines) is 1. The summed E-state index contributed by atoms with van der Waals surface area (Å²) < 4.78 is 20.0. The molecule has 44 heavy (non-hydrogen) atoms. The Morgan fingerprint density at radius 2 is 1.95 bits per heavy atom. The molecule has 0 bridgehead atoms. The van der Waals surface area contributed by atoms with Gasteiger partial charge < -0.3 is 29.2 Å². The minimum Gasteiger partial charge on any atom is -0.462 e. The molecule has 0 spiro atoms. The number of likely N-dealkylation sites (N-methyl/N-ethyl adjacent to an activating group) is 1. The lowest BCUT2D eigenvalue weighted by Crippen LogP contribution is -2.55. The maximum absolute atomic E-state index is 13.8. The maximum atomic E-state index is 13.8. The Kier molecular flexibility index (Phi) is 8.35. The number of rotatable bonds is 7. The predicted molar refractivity (Wildman–Crippen MR) is 162 cm³/mol. The van der Waals surface area contributed by atoms with E-state index in [4.69, 9.17) is 14.7 Å². The summed E-state index contributed by atoms with van der Waals surface area (Å²) in [4.78, 5) is 49.1. The molecule has 232 valence electrons. The second kappa shape index (κ2) is 12.4. The summed E-state index contributed by atoms with van der Waals surface area (Å²) in [6.07, 6.45) is 7.66. The second-order valence-corrected chi connectivity index (χ2v) is 12.0. The van der Waals surface area contributed by atoms with Crippen LogP contribution < -0.4 is 19.4 Å². The van der Waals surface area contributed by atoms with Gasteiger partial charge in [0.1, 0.15) is 12.4 Å². The summed E-state index contributed by atoms with van der Waals surface area (Å²) in [5.41, 5.74) is 4.65. The lowest BCUT2D eigenvalue weighted by Gasteiger charge is -2.42. The first-order valence-corrected chi connectivity index (χ1v) is 15.2. The van der Waals surface area contributed by atoms with Gasteiger partial charge in [0.05, 0.1) is 48.3 Å². The Balaban J connectivity index is 1.33. The van der Waals surface area contributed by atoms with Crippen molar-refractivity contribution < 1.29 is 18.7 Å². The standard InChI is InChI=1S/C31H38FN9O3/c1-20(32)30(43)41-14-13-40(17-22(41)8-10-33)29-24-9-12-39(26-16-34-15-21-6-7-27(42)38(3)28(21)26)18-25(24)35-31(36-29)44-19-23-5-4-11-37(23)2/h15-16,22-23H,1,4-9,11-14,17-19H2,2-3H3/t22-,23-/m0/s1. The molecule has 0 aliphatic carbocycles. The Hall–Kier alpha value is -4.31. The van der Waals surface area contributed by atoms with Crippen molar-refractivity contribution in [2.45, 2.75) is 57.2 Å². The highest BCUT2D eigenvalue weighted by atomic mass is 19.1. The zero-order valence-corrected chi connectivity index (χ0v) is 25.3. The summed E-state index contributed by atoms with van der Waals surface area (Å²) in [6.45, 7) is 6.80. The summed E-state index contributed by atoms with van der Waals surface area (Å²) in [5.74, 6) is -1.00. The number of aromatic nitrogens is 3. The van der Waals surface area contributed by atoms with Crippen LogP contribution in [0.15, 0.2) is 24.8 Å². The molecular formula is C31H38FN9O3. The van der Waals surface area contributed by atoms with Gasteiger partial charge in [-0.2, -0.15) is 15.2 Å². The van der Waals surface area contributed by atoms with E-state index in [-0.39, 0.29) is 30.9 Å². The topological polar surface area (TPSA) is 122 Å². The molecule has 0 unspecified atom stereocenters. The maximum Gasteiger partial charge on any atom is 0.318 e. The molecule has 2 aromatic rings. The molecule has 6 rings (SSSR count). The van der Waals surface area contributed by atoms with Crippen molar-refractivity contribution in [1.29, 1.82) is 5.26 Å². The number of carbonyl (C=O) groups excluding carboxylic acids is 2. The average Bonchev–Trinajstić information content (AvgIpc) is 3.44. The van der Waals surface area contributed by atoms with Crippen LogP contribution in [0.5, 0.6) is 6.01 Å². The number of ether oxygens (including phenoxy) is 1.